The number of likely N-dealkylation sites (tertiary alicyclic amines) is 1. The standard InChI is InChI=1S/C13H16F2N2O2/c1-13(2,15)12(18)17-7-6-9(8-17)19-11-5-3-4-10(14)16-11/h3-5,9H,6-8H2,1-2H3. The molecule has 1 aliphatic rings. The summed E-state index contributed by atoms with van der Waals surface area (Å²) < 4.78 is 31.9. The Balaban J connectivity index is 1.94. The maximum Gasteiger partial charge on any atom is 0.259 e. The minimum Gasteiger partial charge on any atom is -0.472 e. The first-order valence-corrected chi connectivity index (χ1v) is 6.14. The van der Waals surface area contributed by atoms with Gasteiger partial charge in [0.25, 0.3) is 5.91 Å². The highest BCUT2D eigenvalue weighted by atomic mass is 19.1. The zero-order valence-corrected chi connectivity index (χ0v) is 10.9. The monoisotopic (exact) mass is 270 g/mol. The number of hydrogen-bond acceptors (Lipinski definition) is 3. The smallest absolute Gasteiger partial charge is 0.259 e. The number of carbonyl (C=O) groups is 1. The average Bonchev–Trinajstić information content (AvgIpc) is 2.75. The zero-order chi connectivity index (χ0) is 14.0. The molecule has 1 aromatic heterocycles. The maximum atomic E-state index is 13.5. The molecule has 1 fully saturated rings. The molecular weight excluding hydrogens is 254 g/mol. The van der Waals surface area contributed by atoms with Crippen LogP contribution in [0.2, 0.25) is 0 Å². The van der Waals surface area contributed by atoms with E-state index in [1.807, 2.05) is 0 Å². The van der Waals surface area contributed by atoms with Crippen LogP contribution < -0.4 is 4.74 Å². The minimum absolute atomic E-state index is 0.179. The highest BCUT2D eigenvalue weighted by Crippen LogP contribution is 2.21. The summed E-state index contributed by atoms with van der Waals surface area (Å²) in [6.07, 6.45) is 0.306. The SMILES string of the molecule is CC(C)(F)C(=O)N1CCC(Oc2cccc(F)n2)C1. The number of alkyl halides is 1. The van der Waals surface area contributed by atoms with Crippen LogP contribution in [-0.4, -0.2) is 40.7 Å². The number of pyridine rings is 1. The van der Waals surface area contributed by atoms with E-state index in [0.717, 1.165) is 0 Å². The number of nitrogens with zero attached hydrogens (tertiary/aromatic N) is 2. The Kier molecular flexibility index (Phi) is 3.68. The molecular formula is C13H16F2N2O2. The van der Waals surface area contributed by atoms with Gasteiger partial charge >= 0.3 is 0 Å². The van der Waals surface area contributed by atoms with E-state index in [-0.39, 0.29) is 12.0 Å². The van der Waals surface area contributed by atoms with Crippen molar-refractivity contribution in [2.75, 3.05) is 13.1 Å². The molecule has 0 spiro atoms. The second kappa shape index (κ2) is 5.11. The Morgan fingerprint density at radius 2 is 2.26 bits per heavy atom. The molecule has 2 heterocycles. The van der Waals surface area contributed by atoms with Crippen molar-refractivity contribution in [3.8, 4) is 5.88 Å². The van der Waals surface area contributed by atoms with Crippen molar-refractivity contribution in [1.29, 1.82) is 0 Å². The van der Waals surface area contributed by atoms with Crippen LogP contribution in [0.5, 0.6) is 5.88 Å². The molecule has 1 saturated heterocycles. The third kappa shape index (κ3) is 3.39. The Labute approximate surface area is 110 Å². The molecule has 0 saturated carbocycles. The summed E-state index contributed by atoms with van der Waals surface area (Å²) in [4.78, 5) is 16.7. The molecule has 104 valence electrons. The van der Waals surface area contributed by atoms with E-state index in [0.29, 0.717) is 19.5 Å². The van der Waals surface area contributed by atoms with Gasteiger partial charge in [0.2, 0.25) is 11.8 Å². The van der Waals surface area contributed by atoms with Crippen LogP contribution >= 0.6 is 0 Å². The molecule has 0 aromatic carbocycles. The lowest BCUT2D eigenvalue weighted by molar-refractivity contribution is -0.141. The van der Waals surface area contributed by atoms with E-state index in [9.17, 15) is 13.6 Å². The van der Waals surface area contributed by atoms with Gasteiger partial charge in [0.05, 0.1) is 6.54 Å². The van der Waals surface area contributed by atoms with Crippen LogP contribution in [0.3, 0.4) is 0 Å². The molecule has 1 aromatic rings. The normalized spacial score (nSPS) is 19.6. The number of hydrogen-bond donors (Lipinski definition) is 0. The Bertz CT molecular complexity index is 474. The summed E-state index contributed by atoms with van der Waals surface area (Å²) in [5.74, 6) is -0.988. The summed E-state index contributed by atoms with van der Waals surface area (Å²) in [7, 11) is 0. The summed E-state index contributed by atoms with van der Waals surface area (Å²) in [6, 6.07) is 4.27. The molecule has 19 heavy (non-hydrogen) atoms. The van der Waals surface area contributed by atoms with Gasteiger partial charge in [-0.2, -0.15) is 9.37 Å². The topological polar surface area (TPSA) is 42.4 Å². The molecule has 0 aliphatic carbocycles. The molecule has 6 heteroatoms. The van der Waals surface area contributed by atoms with Crippen molar-refractivity contribution in [2.45, 2.75) is 32.0 Å². The molecule has 1 unspecified atom stereocenters. The minimum atomic E-state index is -1.88. The summed E-state index contributed by atoms with van der Waals surface area (Å²) in [5, 5.41) is 0. The largest absolute Gasteiger partial charge is 0.472 e. The van der Waals surface area contributed by atoms with Crippen LogP contribution in [-0.2, 0) is 4.79 Å². The van der Waals surface area contributed by atoms with E-state index < -0.39 is 17.5 Å². The summed E-state index contributed by atoms with van der Waals surface area (Å²) >= 11 is 0. The molecule has 2 rings (SSSR count). The van der Waals surface area contributed by atoms with Gasteiger partial charge in [-0.3, -0.25) is 4.79 Å². The van der Waals surface area contributed by atoms with Gasteiger partial charge in [0, 0.05) is 19.0 Å². The molecule has 4 nitrogen and oxygen atoms in total. The lowest BCUT2D eigenvalue weighted by atomic mass is 10.1. The molecule has 0 N–H and O–H groups in total. The van der Waals surface area contributed by atoms with E-state index in [1.165, 1.54) is 30.9 Å². The average molecular weight is 270 g/mol. The van der Waals surface area contributed by atoms with Gasteiger partial charge in [-0.1, -0.05) is 6.07 Å². The fourth-order valence-corrected chi connectivity index (χ4v) is 2.01. The van der Waals surface area contributed by atoms with Gasteiger partial charge in [-0.05, 0) is 19.9 Å². The van der Waals surface area contributed by atoms with Crippen LogP contribution in [0.4, 0.5) is 8.78 Å². The van der Waals surface area contributed by atoms with E-state index >= 15 is 0 Å². The van der Waals surface area contributed by atoms with Crippen LogP contribution in [0, 0.1) is 5.95 Å². The van der Waals surface area contributed by atoms with Crippen molar-refractivity contribution < 1.29 is 18.3 Å². The van der Waals surface area contributed by atoms with Crippen molar-refractivity contribution in [3.05, 3.63) is 24.1 Å². The van der Waals surface area contributed by atoms with Gasteiger partial charge in [0.1, 0.15) is 6.10 Å². The third-order valence-corrected chi connectivity index (χ3v) is 2.92. The zero-order valence-electron chi connectivity index (χ0n) is 10.9. The number of halogens is 2. The van der Waals surface area contributed by atoms with Gasteiger partial charge < -0.3 is 9.64 Å². The molecule has 1 aliphatic heterocycles. The van der Waals surface area contributed by atoms with Crippen molar-refractivity contribution in [2.24, 2.45) is 0 Å². The predicted octanol–water partition coefficient (Wildman–Crippen LogP) is 1.95. The van der Waals surface area contributed by atoms with Crippen LogP contribution in [0.15, 0.2) is 18.2 Å². The first-order valence-electron chi connectivity index (χ1n) is 6.14. The summed E-state index contributed by atoms with van der Waals surface area (Å²) in [5.41, 5.74) is -1.88. The Morgan fingerprint density at radius 3 is 2.89 bits per heavy atom. The molecule has 0 radical (unpaired) electrons. The van der Waals surface area contributed by atoms with Crippen LogP contribution in [0.1, 0.15) is 20.3 Å². The number of rotatable bonds is 3. The lowest BCUT2D eigenvalue weighted by Crippen LogP contribution is -2.42. The number of aromatic nitrogens is 1. The molecule has 1 amide bonds. The van der Waals surface area contributed by atoms with Gasteiger partial charge in [-0.15, -0.1) is 0 Å². The fourth-order valence-electron chi connectivity index (χ4n) is 2.01. The summed E-state index contributed by atoms with van der Waals surface area (Å²) in [6.45, 7) is 3.20. The van der Waals surface area contributed by atoms with E-state index in [4.69, 9.17) is 4.74 Å². The van der Waals surface area contributed by atoms with Crippen molar-refractivity contribution in [1.82, 2.24) is 9.88 Å². The lowest BCUT2D eigenvalue weighted by Gasteiger charge is -2.22. The number of carbonyl (C=O) groups excluding carboxylic acids is 1. The highest BCUT2D eigenvalue weighted by Gasteiger charge is 2.36. The predicted molar refractivity (Wildman–Crippen MR) is 65.0 cm³/mol. The first-order chi connectivity index (χ1) is 8.86. The number of ether oxygens (including phenoxy) is 1. The van der Waals surface area contributed by atoms with Crippen LogP contribution in [0.25, 0.3) is 0 Å². The van der Waals surface area contributed by atoms with E-state index in [2.05, 4.69) is 4.98 Å². The second-order valence-corrected chi connectivity index (χ2v) is 5.05. The highest BCUT2D eigenvalue weighted by molar-refractivity contribution is 5.84. The van der Waals surface area contributed by atoms with Gasteiger partial charge in [0.15, 0.2) is 5.67 Å². The third-order valence-electron chi connectivity index (χ3n) is 2.92. The maximum absolute atomic E-state index is 13.5. The van der Waals surface area contributed by atoms with E-state index in [1.54, 1.807) is 6.07 Å². The molecule has 0 bridgehead atoms. The fraction of sp³-hybridized carbons (Fsp3) is 0.538. The Hall–Kier alpha value is -1.72. The second-order valence-electron chi connectivity index (χ2n) is 5.05. The van der Waals surface area contributed by atoms with Crippen molar-refractivity contribution >= 4 is 5.91 Å². The number of amides is 1. The first kappa shape index (κ1) is 13.7. The quantitative estimate of drug-likeness (QED) is 0.788. The molecule has 1 atom stereocenters. The van der Waals surface area contributed by atoms with Gasteiger partial charge in [-0.25, -0.2) is 4.39 Å². The van der Waals surface area contributed by atoms with Crippen molar-refractivity contribution in [3.63, 3.8) is 0 Å². The Morgan fingerprint density at radius 1 is 1.53 bits per heavy atom.